The van der Waals surface area contributed by atoms with Gasteiger partial charge < -0.3 is 20.1 Å². The van der Waals surface area contributed by atoms with Crippen molar-refractivity contribution in [1.29, 1.82) is 0 Å². The van der Waals surface area contributed by atoms with Gasteiger partial charge in [0.1, 0.15) is 11.9 Å². The van der Waals surface area contributed by atoms with Gasteiger partial charge in [0.15, 0.2) is 5.82 Å². The van der Waals surface area contributed by atoms with E-state index in [9.17, 15) is 18.0 Å². The fraction of sp³-hybridized carbons (Fsp3) is 0.348. The first-order chi connectivity index (χ1) is 15.6. The molecule has 0 radical (unpaired) electrons. The molecular formula is C23H23F3N4O3. The van der Waals surface area contributed by atoms with Crippen molar-refractivity contribution < 1.29 is 27.8 Å². The van der Waals surface area contributed by atoms with Crippen molar-refractivity contribution in [3.05, 3.63) is 59.3 Å². The lowest BCUT2D eigenvalue weighted by Crippen LogP contribution is -2.29. The van der Waals surface area contributed by atoms with Gasteiger partial charge in [-0.3, -0.25) is 0 Å². The predicted molar refractivity (Wildman–Crippen MR) is 116 cm³/mol. The number of anilines is 1. The van der Waals surface area contributed by atoms with Crippen molar-refractivity contribution in [1.82, 2.24) is 15.1 Å². The highest BCUT2D eigenvalue weighted by Gasteiger charge is 2.33. The first kappa shape index (κ1) is 22.6. The maximum atomic E-state index is 13.3. The van der Waals surface area contributed by atoms with Crippen LogP contribution in [0, 0.1) is 6.92 Å². The number of halogens is 3. The van der Waals surface area contributed by atoms with Gasteiger partial charge in [-0.1, -0.05) is 12.1 Å². The number of nitrogens with zero attached hydrogens (tertiary/aromatic N) is 3. The summed E-state index contributed by atoms with van der Waals surface area (Å²) in [6.45, 7) is 3.93. The molecular weight excluding hydrogens is 437 g/mol. The zero-order chi connectivity index (χ0) is 23.8. The van der Waals surface area contributed by atoms with E-state index in [1.54, 1.807) is 31.3 Å². The fourth-order valence-electron chi connectivity index (χ4n) is 4.14. The second-order valence-corrected chi connectivity index (χ2v) is 8.08. The number of aromatic nitrogens is 2. The van der Waals surface area contributed by atoms with Crippen LogP contribution in [-0.4, -0.2) is 45.5 Å². The van der Waals surface area contributed by atoms with Gasteiger partial charge >= 0.3 is 12.3 Å². The molecule has 3 aromatic rings. The van der Waals surface area contributed by atoms with E-state index in [2.05, 4.69) is 15.5 Å². The SMILES string of the molecule is Cc1c(C(C)Nc2nncc3ccc(O[C@H]4CCN(C(=O)O)C4)cc23)cccc1C(F)(F)F. The number of likely N-dealkylation sites (tertiary alicyclic amines) is 1. The van der Waals surface area contributed by atoms with Crippen LogP contribution in [0.15, 0.2) is 42.6 Å². The van der Waals surface area contributed by atoms with Crippen LogP contribution in [0.2, 0.25) is 0 Å². The molecule has 2 heterocycles. The van der Waals surface area contributed by atoms with Gasteiger partial charge in [0.2, 0.25) is 0 Å². The predicted octanol–water partition coefficient (Wildman–Crippen LogP) is 5.26. The van der Waals surface area contributed by atoms with Crippen LogP contribution in [0.25, 0.3) is 10.8 Å². The number of carboxylic acid groups (broad SMARTS) is 1. The minimum atomic E-state index is -4.43. The number of ether oxygens (including phenoxy) is 1. The number of rotatable bonds is 5. The average Bonchev–Trinajstić information content (AvgIpc) is 3.22. The summed E-state index contributed by atoms with van der Waals surface area (Å²) >= 11 is 0. The van der Waals surface area contributed by atoms with Crippen molar-refractivity contribution in [2.45, 2.75) is 38.6 Å². The molecule has 1 aromatic heterocycles. The summed E-state index contributed by atoms with van der Waals surface area (Å²) in [5.74, 6) is 0.972. The number of carbonyl (C=O) groups is 1. The first-order valence-electron chi connectivity index (χ1n) is 10.5. The van der Waals surface area contributed by atoms with Crippen LogP contribution in [0.1, 0.15) is 36.1 Å². The van der Waals surface area contributed by atoms with E-state index in [4.69, 9.17) is 9.84 Å². The van der Waals surface area contributed by atoms with Gasteiger partial charge in [-0.2, -0.15) is 18.3 Å². The molecule has 33 heavy (non-hydrogen) atoms. The van der Waals surface area contributed by atoms with Crippen LogP contribution in [0.4, 0.5) is 23.8 Å². The Kier molecular flexibility index (Phi) is 6.01. The van der Waals surface area contributed by atoms with Gasteiger partial charge in [-0.05, 0) is 49.2 Å². The second-order valence-electron chi connectivity index (χ2n) is 8.08. The molecule has 174 valence electrons. The summed E-state index contributed by atoms with van der Waals surface area (Å²) < 4.78 is 45.9. The Morgan fingerprint density at radius 2 is 2.09 bits per heavy atom. The maximum Gasteiger partial charge on any atom is 0.416 e. The van der Waals surface area contributed by atoms with Crippen LogP contribution >= 0.6 is 0 Å². The molecule has 1 aliphatic rings. The molecule has 0 saturated carbocycles. The molecule has 1 unspecified atom stereocenters. The number of hydrogen-bond donors (Lipinski definition) is 2. The molecule has 2 atom stereocenters. The monoisotopic (exact) mass is 460 g/mol. The van der Waals surface area contributed by atoms with Gasteiger partial charge in [0, 0.05) is 23.7 Å². The number of benzene rings is 2. The minimum absolute atomic E-state index is 0.159. The van der Waals surface area contributed by atoms with Crippen molar-refractivity contribution in [2.75, 3.05) is 18.4 Å². The highest BCUT2D eigenvalue weighted by Crippen LogP contribution is 2.36. The minimum Gasteiger partial charge on any atom is -0.488 e. The Balaban J connectivity index is 1.58. The Bertz CT molecular complexity index is 1190. The van der Waals surface area contributed by atoms with Crippen LogP contribution in [0.5, 0.6) is 5.75 Å². The maximum absolute atomic E-state index is 13.3. The lowest BCUT2D eigenvalue weighted by Gasteiger charge is -2.21. The zero-order valence-electron chi connectivity index (χ0n) is 18.1. The molecule has 4 rings (SSSR count). The molecule has 0 bridgehead atoms. The van der Waals surface area contributed by atoms with E-state index in [0.29, 0.717) is 42.0 Å². The Morgan fingerprint density at radius 1 is 1.30 bits per heavy atom. The molecule has 1 aliphatic heterocycles. The highest BCUT2D eigenvalue weighted by molar-refractivity contribution is 5.92. The van der Waals surface area contributed by atoms with Gasteiger partial charge in [0.25, 0.3) is 0 Å². The third kappa shape index (κ3) is 4.79. The molecule has 2 aromatic carbocycles. The summed E-state index contributed by atoms with van der Waals surface area (Å²) in [6.07, 6.45) is -3.47. The summed E-state index contributed by atoms with van der Waals surface area (Å²) in [7, 11) is 0. The Labute approximate surface area is 188 Å². The third-order valence-electron chi connectivity index (χ3n) is 5.85. The number of hydrogen-bond acceptors (Lipinski definition) is 5. The van der Waals surface area contributed by atoms with Crippen molar-refractivity contribution in [2.24, 2.45) is 0 Å². The molecule has 1 amide bonds. The molecule has 7 nitrogen and oxygen atoms in total. The Morgan fingerprint density at radius 3 is 2.79 bits per heavy atom. The van der Waals surface area contributed by atoms with Gasteiger partial charge in [-0.25, -0.2) is 4.79 Å². The zero-order valence-corrected chi connectivity index (χ0v) is 18.1. The largest absolute Gasteiger partial charge is 0.488 e. The topological polar surface area (TPSA) is 87.6 Å². The molecule has 1 fully saturated rings. The highest BCUT2D eigenvalue weighted by atomic mass is 19.4. The van der Waals surface area contributed by atoms with Crippen molar-refractivity contribution >= 4 is 22.7 Å². The number of nitrogens with one attached hydrogen (secondary N) is 1. The summed E-state index contributed by atoms with van der Waals surface area (Å²) in [5, 5.41) is 21.9. The lowest BCUT2D eigenvalue weighted by atomic mass is 9.97. The Hall–Kier alpha value is -3.56. The first-order valence-corrected chi connectivity index (χ1v) is 10.5. The van der Waals surface area contributed by atoms with E-state index in [0.717, 1.165) is 11.5 Å². The third-order valence-corrected chi connectivity index (χ3v) is 5.85. The molecule has 0 spiro atoms. The van der Waals surface area contributed by atoms with Crippen LogP contribution in [0.3, 0.4) is 0 Å². The number of amides is 1. The second kappa shape index (κ2) is 8.76. The van der Waals surface area contributed by atoms with E-state index in [1.807, 2.05) is 6.07 Å². The normalized spacial score (nSPS) is 17.2. The summed E-state index contributed by atoms with van der Waals surface area (Å²) in [5.41, 5.74) is 0.00231. The van der Waals surface area contributed by atoms with E-state index >= 15 is 0 Å². The lowest BCUT2D eigenvalue weighted by molar-refractivity contribution is -0.138. The van der Waals surface area contributed by atoms with Crippen molar-refractivity contribution in [3.8, 4) is 5.75 Å². The molecule has 2 N–H and O–H groups in total. The summed E-state index contributed by atoms with van der Waals surface area (Å²) in [6, 6.07) is 9.03. The van der Waals surface area contributed by atoms with Crippen molar-refractivity contribution in [3.63, 3.8) is 0 Å². The van der Waals surface area contributed by atoms with E-state index in [1.165, 1.54) is 17.9 Å². The van der Waals surface area contributed by atoms with E-state index < -0.39 is 23.9 Å². The fourth-order valence-corrected chi connectivity index (χ4v) is 4.14. The average molecular weight is 460 g/mol. The molecule has 10 heteroatoms. The number of alkyl halides is 3. The van der Waals surface area contributed by atoms with Crippen LogP contribution < -0.4 is 10.1 Å². The molecule has 0 aliphatic carbocycles. The van der Waals surface area contributed by atoms with Crippen LogP contribution in [-0.2, 0) is 6.18 Å². The van der Waals surface area contributed by atoms with E-state index in [-0.39, 0.29) is 11.7 Å². The van der Waals surface area contributed by atoms with Gasteiger partial charge in [0.05, 0.1) is 24.3 Å². The standard InChI is InChI=1S/C23H23F3N4O3/c1-13-18(4-3-5-20(13)23(24,25)26)14(2)28-21-19-10-16(7-6-15(19)11-27-29-21)33-17-8-9-30(12-17)22(31)32/h3-7,10-11,14,17H,8-9,12H2,1-2H3,(H,28,29)(H,31,32)/t14?,17-/m0/s1. The number of fused-ring (bicyclic) bond motifs is 1. The quantitative estimate of drug-likeness (QED) is 0.540. The molecule has 1 saturated heterocycles. The smallest absolute Gasteiger partial charge is 0.416 e. The summed E-state index contributed by atoms with van der Waals surface area (Å²) in [4.78, 5) is 12.4. The van der Waals surface area contributed by atoms with Gasteiger partial charge in [-0.15, -0.1) is 5.10 Å².